The molecular formula is C14H17ClNZr-. The minimum absolute atomic E-state index is 0. The van der Waals surface area contributed by atoms with Crippen LogP contribution in [0.2, 0.25) is 0 Å². The minimum Gasteiger partial charge on any atom is -0.377 e. The van der Waals surface area contributed by atoms with Crippen LogP contribution >= 0.6 is 11.6 Å². The van der Waals surface area contributed by atoms with Crippen molar-refractivity contribution >= 4 is 17.3 Å². The van der Waals surface area contributed by atoms with Crippen LogP contribution in [0.5, 0.6) is 0 Å². The fraction of sp³-hybridized carbons (Fsp3) is 0.286. The summed E-state index contributed by atoms with van der Waals surface area (Å²) in [4.78, 5) is 2.07. The molecule has 0 radical (unpaired) electrons. The van der Waals surface area contributed by atoms with Gasteiger partial charge in [0.25, 0.3) is 0 Å². The molecule has 90 valence electrons. The van der Waals surface area contributed by atoms with Crippen LogP contribution in [0.1, 0.15) is 12.0 Å². The monoisotopic (exact) mass is 324 g/mol. The van der Waals surface area contributed by atoms with Crippen LogP contribution in [-0.4, -0.2) is 14.1 Å². The first kappa shape index (κ1) is 16.7. The first-order valence-corrected chi connectivity index (χ1v) is 5.82. The molecule has 0 saturated carbocycles. The molecule has 0 heterocycles. The van der Waals surface area contributed by atoms with Crippen molar-refractivity contribution in [3.05, 3.63) is 54.1 Å². The average Bonchev–Trinajstić information content (AvgIpc) is 2.87. The van der Waals surface area contributed by atoms with Gasteiger partial charge >= 0.3 is 0 Å². The molecule has 1 nitrogen and oxygen atoms in total. The van der Waals surface area contributed by atoms with Gasteiger partial charge in [-0.05, 0) is 11.6 Å². The number of benzene rings is 1. The molecule has 1 aromatic rings. The summed E-state index contributed by atoms with van der Waals surface area (Å²) >= 11 is 5.75. The molecule has 1 aliphatic carbocycles. The van der Waals surface area contributed by atoms with Crippen molar-refractivity contribution in [2.24, 2.45) is 0 Å². The molecule has 0 N–H and O–H groups in total. The third-order valence-corrected chi connectivity index (χ3v) is 2.49. The van der Waals surface area contributed by atoms with E-state index >= 15 is 0 Å². The Morgan fingerprint density at radius 2 is 2.00 bits per heavy atom. The molecule has 17 heavy (non-hydrogen) atoms. The molecule has 2 rings (SSSR count). The van der Waals surface area contributed by atoms with Crippen molar-refractivity contribution in [3.63, 3.8) is 0 Å². The summed E-state index contributed by atoms with van der Waals surface area (Å²) in [6.45, 7) is 0. The van der Waals surface area contributed by atoms with Gasteiger partial charge in [0.1, 0.15) is 0 Å². The van der Waals surface area contributed by atoms with Crippen molar-refractivity contribution in [1.29, 1.82) is 0 Å². The summed E-state index contributed by atoms with van der Waals surface area (Å²) in [6.07, 6.45) is 10.0. The Labute approximate surface area is 128 Å². The van der Waals surface area contributed by atoms with Crippen molar-refractivity contribution in [1.82, 2.24) is 0 Å². The third-order valence-electron chi connectivity index (χ3n) is 2.20. The molecule has 0 unspecified atom stereocenters. The van der Waals surface area contributed by atoms with Crippen LogP contribution in [0, 0.1) is 6.08 Å². The van der Waals surface area contributed by atoms with Gasteiger partial charge in [-0.1, -0.05) is 18.2 Å². The zero-order valence-electron chi connectivity index (χ0n) is 10.3. The molecule has 1 aliphatic rings. The van der Waals surface area contributed by atoms with Crippen LogP contribution in [0.15, 0.2) is 42.5 Å². The molecule has 0 aliphatic heterocycles. The summed E-state index contributed by atoms with van der Waals surface area (Å²) in [5.41, 5.74) is 2.38. The molecule has 0 saturated heterocycles. The Hall–Kier alpha value is -0.327. The Morgan fingerprint density at radius 1 is 1.29 bits per heavy atom. The predicted molar refractivity (Wildman–Crippen MR) is 71.9 cm³/mol. The topological polar surface area (TPSA) is 3.24 Å². The first-order chi connectivity index (χ1) is 7.75. The largest absolute Gasteiger partial charge is 0.377 e. The molecule has 0 bridgehead atoms. The molecule has 0 spiro atoms. The summed E-state index contributed by atoms with van der Waals surface area (Å²) in [5, 5.41) is 0. The van der Waals surface area contributed by atoms with E-state index in [1.807, 2.05) is 44.4 Å². The van der Waals surface area contributed by atoms with Gasteiger partial charge in [0, 0.05) is 51.9 Å². The fourth-order valence-electron chi connectivity index (χ4n) is 1.40. The molecule has 3 heteroatoms. The maximum Gasteiger partial charge on any atom is 0.0494 e. The van der Waals surface area contributed by atoms with Crippen molar-refractivity contribution in [3.8, 4) is 0 Å². The number of anilines is 1. The SMILES string of the molecule is CN(C)c1ccccc1CCl.[C-]1=CC=CC1.[Zr]. The average molecular weight is 326 g/mol. The zero-order chi connectivity index (χ0) is 11.8. The number of halogens is 1. The van der Waals surface area contributed by atoms with Gasteiger partial charge in [0.2, 0.25) is 0 Å². The van der Waals surface area contributed by atoms with Gasteiger partial charge < -0.3 is 4.90 Å². The maximum atomic E-state index is 5.75. The Morgan fingerprint density at radius 3 is 2.35 bits per heavy atom. The zero-order valence-corrected chi connectivity index (χ0v) is 13.5. The number of alkyl halides is 1. The standard InChI is InChI=1S/C9H12ClN.C5H5.Zr/c1-11(2)9-6-4-3-5-8(9)7-10;1-2-4-5-3-1;/h3-6H,7H2,1-2H3;1-3H,4H2;/q;-1;. The number of hydrogen-bond donors (Lipinski definition) is 0. The third kappa shape index (κ3) is 6.24. The first-order valence-electron chi connectivity index (χ1n) is 5.28. The number of para-hydroxylation sites is 1. The maximum absolute atomic E-state index is 5.75. The van der Waals surface area contributed by atoms with Crippen LogP contribution in [0.3, 0.4) is 0 Å². The Bertz CT molecular complexity index is 362. The second-order valence-electron chi connectivity index (χ2n) is 3.66. The van der Waals surface area contributed by atoms with Gasteiger partial charge in [0.05, 0.1) is 0 Å². The Balaban J connectivity index is 0.000000360. The Kier molecular flexibility index (Phi) is 9.49. The minimum atomic E-state index is 0. The number of nitrogens with zero attached hydrogens (tertiary/aromatic N) is 1. The van der Waals surface area contributed by atoms with E-state index in [-0.39, 0.29) is 26.2 Å². The normalized spacial score (nSPS) is 11.5. The molecule has 0 amide bonds. The van der Waals surface area contributed by atoms with Gasteiger partial charge in [-0.3, -0.25) is 6.08 Å². The second kappa shape index (κ2) is 9.68. The number of hydrogen-bond acceptors (Lipinski definition) is 1. The van der Waals surface area contributed by atoms with Crippen LogP contribution in [0.4, 0.5) is 5.69 Å². The van der Waals surface area contributed by atoms with E-state index in [1.165, 1.54) is 11.3 Å². The van der Waals surface area contributed by atoms with E-state index in [4.69, 9.17) is 11.6 Å². The number of allylic oxidation sites excluding steroid dienone is 4. The molecular weight excluding hydrogens is 309 g/mol. The van der Waals surface area contributed by atoms with E-state index < -0.39 is 0 Å². The van der Waals surface area contributed by atoms with Crippen molar-refractivity contribution in [2.45, 2.75) is 12.3 Å². The van der Waals surface area contributed by atoms with E-state index in [2.05, 4.69) is 23.1 Å². The smallest absolute Gasteiger partial charge is 0.0494 e. The second-order valence-corrected chi connectivity index (χ2v) is 3.93. The van der Waals surface area contributed by atoms with Crippen LogP contribution in [-0.2, 0) is 32.1 Å². The van der Waals surface area contributed by atoms with Gasteiger partial charge in [0.15, 0.2) is 0 Å². The molecule has 0 atom stereocenters. The van der Waals surface area contributed by atoms with E-state index in [1.54, 1.807) is 0 Å². The van der Waals surface area contributed by atoms with E-state index in [9.17, 15) is 0 Å². The van der Waals surface area contributed by atoms with E-state index in [0.717, 1.165) is 6.42 Å². The van der Waals surface area contributed by atoms with Crippen LogP contribution in [0.25, 0.3) is 0 Å². The summed E-state index contributed by atoms with van der Waals surface area (Å²) in [7, 11) is 4.04. The fourth-order valence-corrected chi connectivity index (χ4v) is 1.63. The summed E-state index contributed by atoms with van der Waals surface area (Å²) in [6, 6.07) is 8.14. The van der Waals surface area contributed by atoms with E-state index in [0.29, 0.717) is 5.88 Å². The molecule has 0 aromatic heterocycles. The summed E-state index contributed by atoms with van der Waals surface area (Å²) in [5.74, 6) is 0.578. The quantitative estimate of drug-likeness (QED) is 0.590. The van der Waals surface area contributed by atoms with Gasteiger partial charge in [-0.2, -0.15) is 6.08 Å². The van der Waals surface area contributed by atoms with Crippen molar-refractivity contribution in [2.75, 3.05) is 19.0 Å². The van der Waals surface area contributed by atoms with Gasteiger partial charge in [-0.15, -0.1) is 18.0 Å². The molecule has 0 fully saturated rings. The summed E-state index contributed by atoms with van der Waals surface area (Å²) < 4.78 is 0. The van der Waals surface area contributed by atoms with Gasteiger partial charge in [-0.25, -0.2) is 12.2 Å². The number of rotatable bonds is 2. The van der Waals surface area contributed by atoms with Crippen molar-refractivity contribution < 1.29 is 26.2 Å². The molecule has 1 aromatic carbocycles. The predicted octanol–water partition coefficient (Wildman–Crippen LogP) is 3.79. The van der Waals surface area contributed by atoms with Crippen LogP contribution < -0.4 is 4.90 Å².